The maximum absolute atomic E-state index is 12.9. The molecular weight excluding hydrogens is 358 g/mol. The molecule has 1 aliphatic rings. The van der Waals surface area contributed by atoms with Crippen molar-refractivity contribution in [2.24, 2.45) is 0 Å². The summed E-state index contributed by atoms with van der Waals surface area (Å²) in [5.41, 5.74) is 1.97. The Morgan fingerprint density at radius 1 is 0.926 bits per heavy atom. The summed E-state index contributed by atoms with van der Waals surface area (Å²) in [6.07, 6.45) is 4.22. The molecule has 2 aromatic rings. The zero-order valence-corrected chi connectivity index (χ0v) is 16.4. The van der Waals surface area contributed by atoms with Gasteiger partial charge in [-0.05, 0) is 37.0 Å². The van der Waals surface area contributed by atoms with Gasteiger partial charge in [0.2, 0.25) is 5.91 Å². The van der Waals surface area contributed by atoms with Gasteiger partial charge in [0.25, 0.3) is 0 Å². The summed E-state index contributed by atoms with van der Waals surface area (Å²) < 4.78 is 25.0. The Hall–Kier alpha value is -2.14. The van der Waals surface area contributed by atoms with Gasteiger partial charge in [-0.3, -0.25) is 4.79 Å². The number of sulfone groups is 1. The van der Waals surface area contributed by atoms with Crippen LogP contribution in [0.4, 0.5) is 5.69 Å². The molecular formula is C22H27NO3S. The van der Waals surface area contributed by atoms with Crippen LogP contribution in [0.15, 0.2) is 60.7 Å². The number of hydrogen-bond donors (Lipinski definition) is 0. The topological polar surface area (TPSA) is 54.5 Å². The van der Waals surface area contributed by atoms with Gasteiger partial charge in [-0.25, -0.2) is 8.42 Å². The highest BCUT2D eigenvalue weighted by Gasteiger charge is 2.29. The Kier molecular flexibility index (Phi) is 6.67. The summed E-state index contributed by atoms with van der Waals surface area (Å²) in [6.45, 7) is 0.538. The number of anilines is 1. The van der Waals surface area contributed by atoms with Gasteiger partial charge in [-0.1, -0.05) is 61.4 Å². The van der Waals surface area contributed by atoms with E-state index in [9.17, 15) is 13.2 Å². The maximum atomic E-state index is 12.9. The van der Waals surface area contributed by atoms with Crippen LogP contribution in [0.3, 0.4) is 0 Å². The molecule has 0 aromatic heterocycles. The molecule has 4 nitrogen and oxygen atoms in total. The van der Waals surface area contributed by atoms with E-state index in [1.54, 1.807) is 4.90 Å². The van der Waals surface area contributed by atoms with Crippen molar-refractivity contribution in [2.75, 3.05) is 17.2 Å². The van der Waals surface area contributed by atoms with Crippen LogP contribution in [0.5, 0.6) is 0 Å². The predicted molar refractivity (Wildman–Crippen MR) is 110 cm³/mol. The van der Waals surface area contributed by atoms with Crippen LogP contribution in [0.2, 0.25) is 0 Å². The summed E-state index contributed by atoms with van der Waals surface area (Å²) in [5.74, 6) is -0.177. The fourth-order valence-corrected chi connectivity index (χ4v) is 5.51. The van der Waals surface area contributed by atoms with Gasteiger partial charge in [0.1, 0.15) is 0 Å². The first kappa shape index (κ1) is 19.6. The number of para-hydroxylation sites is 1. The Balaban J connectivity index is 1.67. The van der Waals surface area contributed by atoms with Gasteiger partial charge >= 0.3 is 0 Å². The van der Waals surface area contributed by atoms with E-state index in [-0.39, 0.29) is 23.3 Å². The summed E-state index contributed by atoms with van der Waals surface area (Å²) in [6, 6.07) is 19.5. The molecule has 0 heterocycles. The predicted octanol–water partition coefficient (Wildman–Crippen LogP) is 4.01. The number of carbonyl (C=O) groups excluding carboxylic acids is 1. The van der Waals surface area contributed by atoms with Crippen molar-refractivity contribution in [1.82, 2.24) is 0 Å². The molecule has 144 valence electrons. The smallest absolute Gasteiger partial charge is 0.228 e. The Bertz CT molecular complexity index is 828. The van der Waals surface area contributed by atoms with Crippen LogP contribution in [0.1, 0.15) is 37.7 Å². The second-order valence-electron chi connectivity index (χ2n) is 7.14. The molecule has 1 amide bonds. The lowest BCUT2D eigenvalue weighted by Gasteiger charge is -2.23. The molecule has 2 aromatic carbocycles. The van der Waals surface area contributed by atoms with E-state index >= 15 is 0 Å². The Labute approximate surface area is 162 Å². The molecule has 5 heteroatoms. The summed E-state index contributed by atoms with van der Waals surface area (Å²) in [5, 5.41) is -0.250. The van der Waals surface area contributed by atoms with Gasteiger partial charge in [-0.15, -0.1) is 0 Å². The molecule has 1 fully saturated rings. The molecule has 3 rings (SSSR count). The number of nitrogens with zero attached hydrogens (tertiary/aromatic N) is 1. The SMILES string of the molecule is O=C(CCS(=O)(=O)C1CCCC1)N(CCc1ccccc1)c1ccccc1. The lowest BCUT2D eigenvalue weighted by Crippen LogP contribution is -2.35. The van der Waals surface area contributed by atoms with E-state index < -0.39 is 9.84 Å². The molecule has 1 saturated carbocycles. The number of amides is 1. The third-order valence-electron chi connectivity index (χ3n) is 5.25. The first-order valence-corrected chi connectivity index (χ1v) is 11.4. The maximum Gasteiger partial charge on any atom is 0.228 e. The first-order chi connectivity index (χ1) is 13.1. The molecule has 1 aliphatic carbocycles. The molecule has 0 bridgehead atoms. The molecule has 0 radical (unpaired) electrons. The van der Waals surface area contributed by atoms with Crippen LogP contribution < -0.4 is 4.90 Å². The van der Waals surface area contributed by atoms with Crippen LogP contribution in [0.25, 0.3) is 0 Å². The zero-order valence-electron chi connectivity index (χ0n) is 15.6. The molecule has 0 aliphatic heterocycles. The summed E-state index contributed by atoms with van der Waals surface area (Å²) >= 11 is 0. The van der Waals surface area contributed by atoms with Gasteiger partial charge in [-0.2, -0.15) is 0 Å². The van der Waals surface area contributed by atoms with Crippen molar-refractivity contribution < 1.29 is 13.2 Å². The number of carbonyl (C=O) groups is 1. The van der Waals surface area contributed by atoms with E-state index in [0.29, 0.717) is 6.54 Å². The van der Waals surface area contributed by atoms with E-state index in [0.717, 1.165) is 43.4 Å². The molecule has 0 spiro atoms. The monoisotopic (exact) mass is 385 g/mol. The minimum absolute atomic E-state index is 0.0442. The highest BCUT2D eigenvalue weighted by molar-refractivity contribution is 7.92. The second-order valence-corrected chi connectivity index (χ2v) is 9.54. The average molecular weight is 386 g/mol. The number of benzene rings is 2. The van der Waals surface area contributed by atoms with Crippen LogP contribution in [-0.2, 0) is 21.1 Å². The largest absolute Gasteiger partial charge is 0.312 e. The molecule has 0 unspecified atom stereocenters. The quantitative estimate of drug-likeness (QED) is 0.690. The van der Waals surface area contributed by atoms with Crippen molar-refractivity contribution in [2.45, 2.75) is 43.8 Å². The second kappa shape index (κ2) is 9.18. The summed E-state index contributed by atoms with van der Waals surface area (Å²) in [7, 11) is -3.19. The van der Waals surface area contributed by atoms with Gasteiger partial charge in [0.05, 0.1) is 11.0 Å². The van der Waals surface area contributed by atoms with E-state index in [2.05, 4.69) is 0 Å². The first-order valence-electron chi connectivity index (χ1n) is 9.67. The lowest BCUT2D eigenvalue weighted by molar-refractivity contribution is -0.118. The number of rotatable bonds is 8. The Morgan fingerprint density at radius 2 is 1.52 bits per heavy atom. The van der Waals surface area contributed by atoms with Crippen LogP contribution in [0, 0.1) is 0 Å². The summed E-state index contributed by atoms with van der Waals surface area (Å²) in [4.78, 5) is 14.6. The van der Waals surface area contributed by atoms with E-state index in [1.165, 1.54) is 0 Å². The fraction of sp³-hybridized carbons (Fsp3) is 0.409. The molecule has 0 N–H and O–H groups in total. The normalized spacial score (nSPS) is 15.0. The van der Waals surface area contributed by atoms with Crippen LogP contribution in [-0.4, -0.2) is 31.9 Å². The third-order valence-corrected chi connectivity index (χ3v) is 7.51. The van der Waals surface area contributed by atoms with Crippen molar-refractivity contribution in [3.05, 3.63) is 66.2 Å². The van der Waals surface area contributed by atoms with Crippen molar-refractivity contribution in [3.8, 4) is 0 Å². The van der Waals surface area contributed by atoms with Gasteiger partial charge in [0.15, 0.2) is 9.84 Å². The standard InChI is InChI=1S/C22H27NO3S/c24-22(16-18-27(25,26)21-13-7-8-14-21)23(20-11-5-2-6-12-20)17-15-19-9-3-1-4-10-19/h1-6,9-12,21H,7-8,13-18H2. The highest BCUT2D eigenvalue weighted by atomic mass is 32.2. The van der Waals surface area contributed by atoms with Crippen molar-refractivity contribution in [3.63, 3.8) is 0 Å². The van der Waals surface area contributed by atoms with E-state index in [1.807, 2.05) is 60.7 Å². The average Bonchev–Trinajstić information content (AvgIpc) is 3.24. The van der Waals surface area contributed by atoms with E-state index in [4.69, 9.17) is 0 Å². The van der Waals surface area contributed by atoms with Crippen molar-refractivity contribution in [1.29, 1.82) is 0 Å². The third kappa shape index (κ3) is 5.42. The van der Waals surface area contributed by atoms with Crippen LogP contribution >= 0.6 is 0 Å². The lowest BCUT2D eigenvalue weighted by atomic mass is 10.1. The minimum atomic E-state index is -3.19. The molecule has 0 saturated heterocycles. The fourth-order valence-electron chi connectivity index (χ4n) is 3.67. The van der Waals surface area contributed by atoms with Crippen molar-refractivity contribution >= 4 is 21.4 Å². The Morgan fingerprint density at radius 3 is 2.15 bits per heavy atom. The number of hydrogen-bond acceptors (Lipinski definition) is 3. The zero-order chi connectivity index (χ0) is 19.1. The molecule has 27 heavy (non-hydrogen) atoms. The van der Waals surface area contributed by atoms with Gasteiger partial charge in [0, 0.05) is 18.7 Å². The molecule has 0 atom stereocenters. The minimum Gasteiger partial charge on any atom is -0.312 e. The van der Waals surface area contributed by atoms with Gasteiger partial charge < -0.3 is 4.90 Å². The highest BCUT2D eigenvalue weighted by Crippen LogP contribution is 2.26.